The standard InChI is InChI=1S/C12H16FNO.ClH/c1-7-2-5-9(13)12(15)11(7)10(14)6-8-3-4-8;/h2,5,8,10,15H,3-4,6,14H2,1H3;1H/t10-;/m1./s1. The van der Waals surface area contributed by atoms with E-state index in [9.17, 15) is 9.50 Å². The smallest absolute Gasteiger partial charge is 0.165 e. The molecule has 0 heterocycles. The number of benzene rings is 1. The van der Waals surface area contributed by atoms with Gasteiger partial charge in [-0.3, -0.25) is 0 Å². The second-order valence-electron chi connectivity index (χ2n) is 4.41. The Morgan fingerprint density at radius 3 is 2.69 bits per heavy atom. The summed E-state index contributed by atoms with van der Waals surface area (Å²) in [5.41, 5.74) is 7.41. The van der Waals surface area contributed by atoms with E-state index < -0.39 is 5.82 Å². The highest BCUT2D eigenvalue weighted by Crippen LogP contribution is 2.39. The second kappa shape index (κ2) is 5.02. The van der Waals surface area contributed by atoms with Crippen LogP contribution in [0.4, 0.5) is 4.39 Å². The first kappa shape index (κ1) is 13.3. The van der Waals surface area contributed by atoms with Crippen LogP contribution in [0.5, 0.6) is 5.75 Å². The molecule has 0 radical (unpaired) electrons. The molecule has 90 valence electrons. The van der Waals surface area contributed by atoms with E-state index >= 15 is 0 Å². The zero-order valence-corrected chi connectivity index (χ0v) is 10.1. The molecule has 1 aliphatic carbocycles. The van der Waals surface area contributed by atoms with Crippen LogP contribution in [0.1, 0.15) is 36.4 Å². The number of rotatable bonds is 3. The summed E-state index contributed by atoms with van der Waals surface area (Å²) in [4.78, 5) is 0. The van der Waals surface area contributed by atoms with Gasteiger partial charge in [-0.1, -0.05) is 18.9 Å². The van der Waals surface area contributed by atoms with Crippen LogP contribution in [0, 0.1) is 18.7 Å². The number of hydrogen-bond donors (Lipinski definition) is 2. The van der Waals surface area contributed by atoms with Crippen molar-refractivity contribution < 1.29 is 9.50 Å². The summed E-state index contributed by atoms with van der Waals surface area (Å²) in [5.74, 6) is -0.188. The fourth-order valence-corrected chi connectivity index (χ4v) is 1.98. The zero-order valence-electron chi connectivity index (χ0n) is 9.24. The molecule has 0 amide bonds. The van der Waals surface area contributed by atoms with Gasteiger partial charge in [-0.2, -0.15) is 0 Å². The SMILES string of the molecule is Cc1ccc(F)c(O)c1[C@H](N)CC1CC1.Cl. The molecule has 0 bridgehead atoms. The van der Waals surface area contributed by atoms with Gasteiger partial charge in [0.05, 0.1) is 0 Å². The van der Waals surface area contributed by atoms with Gasteiger partial charge in [0.15, 0.2) is 11.6 Å². The Morgan fingerprint density at radius 1 is 1.50 bits per heavy atom. The highest BCUT2D eigenvalue weighted by Gasteiger charge is 2.27. The number of phenols is 1. The molecule has 1 aromatic carbocycles. The van der Waals surface area contributed by atoms with Gasteiger partial charge in [0.1, 0.15) is 0 Å². The van der Waals surface area contributed by atoms with Gasteiger partial charge in [-0.25, -0.2) is 4.39 Å². The molecule has 0 aliphatic heterocycles. The lowest BCUT2D eigenvalue weighted by Crippen LogP contribution is -2.13. The molecule has 2 nitrogen and oxygen atoms in total. The molecular formula is C12H17ClFNO. The summed E-state index contributed by atoms with van der Waals surface area (Å²) in [7, 11) is 0. The molecule has 1 fully saturated rings. The molecule has 0 saturated heterocycles. The first-order valence-electron chi connectivity index (χ1n) is 5.33. The molecule has 2 rings (SSSR count). The van der Waals surface area contributed by atoms with Gasteiger partial charge >= 0.3 is 0 Å². The third kappa shape index (κ3) is 2.66. The maximum absolute atomic E-state index is 13.2. The Bertz CT molecular complexity index is 380. The highest BCUT2D eigenvalue weighted by atomic mass is 35.5. The van der Waals surface area contributed by atoms with Crippen LogP contribution >= 0.6 is 12.4 Å². The Hall–Kier alpha value is -0.800. The Kier molecular flexibility index (Phi) is 4.16. The number of phenolic OH excluding ortho intramolecular Hbond substituents is 1. The number of hydrogen-bond acceptors (Lipinski definition) is 2. The van der Waals surface area contributed by atoms with Gasteiger partial charge in [-0.15, -0.1) is 12.4 Å². The second-order valence-corrected chi connectivity index (χ2v) is 4.41. The van der Waals surface area contributed by atoms with Crippen LogP contribution in [0.3, 0.4) is 0 Å². The van der Waals surface area contributed by atoms with Crippen molar-refractivity contribution in [3.05, 3.63) is 29.1 Å². The summed E-state index contributed by atoms with van der Waals surface area (Å²) in [6.07, 6.45) is 3.27. The van der Waals surface area contributed by atoms with E-state index in [0.717, 1.165) is 12.0 Å². The molecule has 16 heavy (non-hydrogen) atoms. The molecule has 1 saturated carbocycles. The lowest BCUT2D eigenvalue weighted by molar-refractivity contribution is 0.415. The molecule has 3 N–H and O–H groups in total. The lowest BCUT2D eigenvalue weighted by atomic mass is 9.96. The maximum Gasteiger partial charge on any atom is 0.165 e. The van der Waals surface area contributed by atoms with E-state index in [1.165, 1.54) is 18.9 Å². The van der Waals surface area contributed by atoms with Gasteiger partial charge in [0, 0.05) is 11.6 Å². The monoisotopic (exact) mass is 245 g/mol. The van der Waals surface area contributed by atoms with E-state index in [0.29, 0.717) is 11.5 Å². The van der Waals surface area contributed by atoms with Crippen molar-refractivity contribution in [2.45, 2.75) is 32.2 Å². The zero-order chi connectivity index (χ0) is 11.0. The Balaban J connectivity index is 0.00000128. The molecule has 1 atom stereocenters. The van der Waals surface area contributed by atoms with Crippen LogP contribution in [0.15, 0.2) is 12.1 Å². The van der Waals surface area contributed by atoms with Crippen molar-refractivity contribution in [2.75, 3.05) is 0 Å². The minimum Gasteiger partial charge on any atom is -0.505 e. The summed E-state index contributed by atoms with van der Waals surface area (Å²) < 4.78 is 13.2. The molecule has 4 heteroatoms. The van der Waals surface area contributed by atoms with Crippen molar-refractivity contribution in [1.29, 1.82) is 0 Å². The predicted octanol–water partition coefficient (Wildman–Crippen LogP) is 3.06. The van der Waals surface area contributed by atoms with Crippen LogP contribution < -0.4 is 5.73 Å². The normalized spacial score (nSPS) is 16.7. The summed E-state index contributed by atoms with van der Waals surface area (Å²) in [5, 5.41) is 9.63. The molecule has 0 spiro atoms. The predicted molar refractivity (Wildman–Crippen MR) is 64.3 cm³/mol. The number of halogens is 2. The van der Waals surface area contributed by atoms with Gasteiger partial charge in [0.25, 0.3) is 0 Å². The summed E-state index contributed by atoms with van der Waals surface area (Å²) >= 11 is 0. The Morgan fingerprint density at radius 2 is 2.12 bits per heavy atom. The van der Waals surface area contributed by atoms with Crippen LogP contribution in [-0.2, 0) is 0 Å². The molecule has 0 aromatic heterocycles. The number of nitrogens with two attached hydrogens (primary N) is 1. The topological polar surface area (TPSA) is 46.2 Å². The number of aryl methyl sites for hydroxylation is 1. The minimum atomic E-state index is -0.582. The third-order valence-corrected chi connectivity index (χ3v) is 3.04. The lowest BCUT2D eigenvalue weighted by Gasteiger charge is -2.16. The quantitative estimate of drug-likeness (QED) is 0.860. The molecule has 1 aliphatic rings. The fourth-order valence-electron chi connectivity index (χ4n) is 1.98. The average molecular weight is 246 g/mol. The maximum atomic E-state index is 13.2. The molecular weight excluding hydrogens is 229 g/mol. The van der Waals surface area contributed by atoms with Gasteiger partial charge in [-0.05, 0) is 30.9 Å². The third-order valence-electron chi connectivity index (χ3n) is 3.04. The van der Waals surface area contributed by atoms with E-state index in [2.05, 4.69) is 0 Å². The minimum absolute atomic E-state index is 0. The van der Waals surface area contributed by atoms with Crippen molar-refractivity contribution in [3.63, 3.8) is 0 Å². The fraction of sp³-hybridized carbons (Fsp3) is 0.500. The van der Waals surface area contributed by atoms with Crippen molar-refractivity contribution >= 4 is 12.4 Å². The number of aromatic hydroxyl groups is 1. The van der Waals surface area contributed by atoms with E-state index in [1.807, 2.05) is 6.92 Å². The van der Waals surface area contributed by atoms with Crippen LogP contribution in [-0.4, -0.2) is 5.11 Å². The highest BCUT2D eigenvalue weighted by molar-refractivity contribution is 5.85. The first-order valence-corrected chi connectivity index (χ1v) is 5.33. The average Bonchev–Trinajstić information content (AvgIpc) is 2.96. The van der Waals surface area contributed by atoms with Crippen molar-refractivity contribution in [1.82, 2.24) is 0 Å². The largest absolute Gasteiger partial charge is 0.505 e. The Labute approximate surface area is 101 Å². The van der Waals surface area contributed by atoms with Crippen molar-refractivity contribution in [2.24, 2.45) is 11.7 Å². The van der Waals surface area contributed by atoms with E-state index in [4.69, 9.17) is 5.73 Å². The summed E-state index contributed by atoms with van der Waals surface area (Å²) in [6, 6.07) is 2.70. The molecule has 0 unspecified atom stereocenters. The van der Waals surface area contributed by atoms with Crippen LogP contribution in [0.2, 0.25) is 0 Å². The van der Waals surface area contributed by atoms with E-state index in [1.54, 1.807) is 6.07 Å². The van der Waals surface area contributed by atoms with Crippen LogP contribution in [0.25, 0.3) is 0 Å². The van der Waals surface area contributed by atoms with E-state index in [-0.39, 0.29) is 24.2 Å². The summed E-state index contributed by atoms with van der Waals surface area (Å²) in [6.45, 7) is 1.85. The van der Waals surface area contributed by atoms with Gasteiger partial charge < -0.3 is 10.8 Å². The van der Waals surface area contributed by atoms with Crippen molar-refractivity contribution in [3.8, 4) is 5.75 Å². The van der Waals surface area contributed by atoms with Gasteiger partial charge in [0.2, 0.25) is 0 Å². The first-order chi connectivity index (χ1) is 7.09. The molecule has 1 aromatic rings.